The third-order valence-corrected chi connectivity index (χ3v) is 4.24. The molecule has 10 heteroatoms. The second-order valence-electron chi connectivity index (χ2n) is 4.58. The van der Waals surface area contributed by atoms with E-state index in [2.05, 4.69) is 25.9 Å². The lowest BCUT2D eigenvalue weighted by atomic mass is 10.3. The number of hydrogen-bond acceptors (Lipinski definition) is 8. The number of aliphatic hydroxyl groups excluding tert-OH is 1. The number of anilines is 3. The van der Waals surface area contributed by atoms with Crippen molar-refractivity contribution in [2.45, 2.75) is 19.8 Å². The van der Waals surface area contributed by atoms with Crippen molar-refractivity contribution in [2.24, 2.45) is 0 Å². The van der Waals surface area contributed by atoms with E-state index in [-0.39, 0.29) is 24.8 Å². The van der Waals surface area contributed by atoms with Crippen molar-refractivity contribution in [3.63, 3.8) is 0 Å². The van der Waals surface area contributed by atoms with Gasteiger partial charge in [-0.05, 0) is 6.42 Å². The van der Waals surface area contributed by atoms with Crippen LogP contribution in [-0.4, -0.2) is 40.0 Å². The van der Waals surface area contributed by atoms with E-state index in [1.54, 1.807) is 11.6 Å². The summed E-state index contributed by atoms with van der Waals surface area (Å²) in [5.74, 6) is -0.416. The Balaban J connectivity index is 1.82. The highest BCUT2D eigenvalue weighted by atomic mass is 32.1. The molecule has 124 valence electrons. The minimum atomic E-state index is -0.221. The maximum Gasteiger partial charge on any atom is 0.232 e. The molecule has 0 spiro atoms. The van der Waals surface area contributed by atoms with Crippen molar-refractivity contribution in [1.82, 2.24) is 9.97 Å². The average Bonchev–Trinajstić information content (AvgIpc) is 3.08. The molecule has 2 rings (SSSR count). The molecule has 0 radical (unpaired) electrons. The number of hydrogen-bond donors (Lipinski definition) is 4. The van der Waals surface area contributed by atoms with Crippen LogP contribution in [0.3, 0.4) is 0 Å². The van der Waals surface area contributed by atoms with Crippen LogP contribution in [0.4, 0.5) is 15.3 Å². The number of thiazole rings is 2. The summed E-state index contributed by atoms with van der Waals surface area (Å²) < 4.78 is 0. The summed E-state index contributed by atoms with van der Waals surface area (Å²) in [5.41, 5.74) is 0.592. The summed E-state index contributed by atoms with van der Waals surface area (Å²) in [5, 5.41) is 20.6. The van der Waals surface area contributed by atoms with Gasteiger partial charge in [-0.15, -0.1) is 11.3 Å². The van der Waals surface area contributed by atoms with Crippen LogP contribution in [-0.2, 0) is 16.0 Å². The van der Waals surface area contributed by atoms with Gasteiger partial charge in [-0.2, -0.15) is 0 Å². The van der Waals surface area contributed by atoms with E-state index in [0.29, 0.717) is 28.9 Å². The Morgan fingerprint density at radius 1 is 1.30 bits per heavy atom. The minimum Gasteiger partial charge on any atom is -0.396 e. The van der Waals surface area contributed by atoms with Crippen LogP contribution in [0.25, 0.3) is 0 Å². The molecule has 0 fully saturated rings. The molecule has 0 aliphatic heterocycles. The standard InChI is InChI=1S/C13H17N5O3S2/c1-8(20)16-13-17-9(7-22-13)5-10(21)18-12-15-6-11(23-12)14-3-2-4-19/h6-7,14,19H,2-5H2,1H3,(H,15,18,21)(H,16,17,20). The van der Waals surface area contributed by atoms with E-state index >= 15 is 0 Å². The van der Waals surface area contributed by atoms with Gasteiger partial charge in [0.15, 0.2) is 10.3 Å². The summed E-state index contributed by atoms with van der Waals surface area (Å²) in [6.07, 6.45) is 2.40. The molecule has 8 nitrogen and oxygen atoms in total. The fourth-order valence-corrected chi connectivity index (χ4v) is 3.14. The molecule has 0 bridgehead atoms. The Morgan fingerprint density at radius 2 is 2.13 bits per heavy atom. The Bertz CT molecular complexity index is 670. The van der Waals surface area contributed by atoms with Crippen LogP contribution >= 0.6 is 22.7 Å². The van der Waals surface area contributed by atoms with Gasteiger partial charge in [0.05, 0.1) is 18.3 Å². The molecule has 2 heterocycles. The lowest BCUT2D eigenvalue weighted by Gasteiger charge is -2.00. The quantitative estimate of drug-likeness (QED) is 0.534. The van der Waals surface area contributed by atoms with E-state index in [9.17, 15) is 9.59 Å². The number of aromatic nitrogens is 2. The molecule has 2 aromatic heterocycles. The number of nitrogens with zero attached hydrogens (tertiary/aromatic N) is 2. The Labute approximate surface area is 141 Å². The Morgan fingerprint density at radius 3 is 2.87 bits per heavy atom. The van der Waals surface area contributed by atoms with Crippen molar-refractivity contribution in [1.29, 1.82) is 0 Å². The van der Waals surface area contributed by atoms with Crippen molar-refractivity contribution in [3.8, 4) is 0 Å². The first-order valence-corrected chi connectivity index (χ1v) is 8.59. The molecule has 0 aromatic carbocycles. The van der Waals surface area contributed by atoms with Gasteiger partial charge in [-0.25, -0.2) is 9.97 Å². The third-order valence-electron chi connectivity index (χ3n) is 2.56. The summed E-state index contributed by atoms with van der Waals surface area (Å²) >= 11 is 2.60. The normalized spacial score (nSPS) is 10.3. The molecule has 4 N–H and O–H groups in total. The Kier molecular flexibility index (Phi) is 6.44. The van der Waals surface area contributed by atoms with Gasteiger partial charge in [0.25, 0.3) is 0 Å². The van der Waals surface area contributed by atoms with Crippen LogP contribution < -0.4 is 16.0 Å². The molecular formula is C13H17N5O3S2. The van der Waals surface area contributed by atoms with E-state index in [0.717, 1.165) is 5.00 Å². The zero-order valence-electron chi connectivity index (χ0n) is 12.5. The maximum absolute atomic E-state index is 12.0. The second-order valence-corrected chi connectivity index (χ2v) is 6.47. The fraction of sp³-hybridized carbons (Fsp3) is 0.385. The van der Waals surface area contributed by atoms with Crippen molar-refractivity contribution >= 4 is 49.8 Å². The van der Waals surface area contributed by atoms with Gasteiger partial charge >= 0.3 is 0 Å². The first kappa shape index (κ1) is 17.3. The number of carbonyl (C=O) groups excluding carboxylic acids is 2. The van der Waals surface area contributed by atoms with Gasteiger partial charge in [-0.3, -0.25) is 9.59 Å². The van der Waals surface area contributed by atoms with Crippen LogP contribution in [0.1, 0.15) is 19.0 Å². The topological polar surface area (TPSA) is 116 Å². The van der Waals surface area contributed by atoms with Crippen LogP contribution in [0, 0.1) is 0 Å². The summed E-state index contributed by atoms with van der Waals surface area (Å²) in [6, 6.07) is 0. The lowest BCUT2D eigenvalue weighted by molar-refractivity contribution is -0.116. The fourth-order valence-electron chi connectivity index (χ4n) is 1.63. The summed E-state index contributed by atoms with van der Waals surface area (Å²) in [7, 11) is 0. The van der Waals surface area contributed by atoms with Crippen molar-refractivity contribution in [3.05, 3.63) is 17.3 Å². The number of amides is 2. The van der Waals surface area contributed by atoms with Crippen molar-refractivity contribution < 1.29 is 14.7 Å². The minimum absolute atomic E-state index is 0.114. The van der Waals surface area contributed by atoms with Gasteiger partial charge in [-0.1, -0.05) is 11.3 Å². The van der Waals surface area contributed by atoms with Gasteiger partial charge in [0, 0.05) is 25.5 Å². The molecule has 23 heavy (non-hydrogen) atoms. The number of carbonyl (C=O) groups is 2. The second kappa shape index (κ2) is 8.56. The van der Waals surface area contributed by atoms with Gasteiger partial charge in [0.2, 0.25) is 11.8 Å². The molecule has 0 atom stereocenters. The van der Waals surface area contributed by atoms with E-state index in [4.69, 9.17) is 5.11 Å². The van der Waals surface area contributed by atoms with E-state index in [1.807, 2.05) is 0 Å². The molecule has 0 saturated carbocycles. The van der Waals surface area contributed by atoms with Crippen LogP contribution in [0.5, 0.6) is 0 Å². The van der Waals surface area contributed by atoms with Crippen LogP contribution in [0.15, 0.2) is 11.6 Å². The lowest BCUT2D eigenvalue weighted by Crippen LogP contribution is -2.14. The highest BCUT2D eigenvalue weighted by molar-refractivity contribution is 7.19. The number of aliphatic hydroxyl groups is 1. The monoisotopic (exact) mass is 355 g/mol. The highest BCUT2D eigenvalue weighted by Gasteiger charge is 2.10. The smallest absolute Gasteiger partial charge is 0.232 e. The number of rotatable bonds is 8. The predicted octanol–water partition coefficient (Wildman–Crippen LogP) is 1.53. The van der Waals surface area contributed by atoms with Gasteiger partial charge in [0.1, 0.15) is 5.00 Å². The maximum atomic E-state index is 12.0. The highest BCUT2D eigenvalue weighted by Crippen LogP contribution is 2.23. The van der Waals surface area contributed by atoms with Gasteiger partial charge < -0.3 is 21.1 Å². The molecule has 0 aliphatic carbocycles. The molecule has 2 amide bonds. The molecule has 0 unspecified atom stereocenters. The van der Waals surface area contributed by atoms with E-state index < -0.39 is 0 Å². The average molecular weight is 355 g/mol. The zero-order chi connectivity index (χ0) is 16.7. The molecule has 2 aromatic rings. The third kappa shape index (κ3) is 5.93. The predicted molar refractivity (Wildman–Crippen MR) is 91.1 cm³/mol. The molecule has 0 aliphatic rings. The Hall–Kier alpha value is -2.04. The van der Waals surface area contributed by atoms with E-state index in [1.165, 1.54) is 29.6 Å². The summed E-state index contributed by atoms with van der Waals surface area (Å²) in [4.78, 5) is 31.2. The summed E-state index contributed by atoms with van der Waals surface area (Å²) in [6.45, 7) is 2.18. The first-order chi connectivity index (χ1) is 11.1. The number of nitrogens with one attached hydrogen (secondary N) is 3. The molecule has 0 saturated heterocycles. The zero-order valence-corrected chi connectivity index (χ0v) is 14.1. The molecular weight excluding hydrogens is 338 g/mol. The van der Waals surface area contributed by atoms with Crippen molar-refractivity contribution in [2.75, 3.05) is 29.1 Å². The largest absolute Gasteiger partial charge is 0.396 e. The SMILES string of the molecule is CC(=O)Nc1nc(CC(=O)Nc2ncc(NCCCO)s2)cs1. The van der Waals surface area contributed by atoms with Crippen LogP contribution in [0.2, 0.25) is 0 Å². The first-order valence-electron chi connectivity index (χ1n) is 6.89.